The number of aromatic nitrogens is 4. The number of nitrogens with one attached hydrogen (secondary N) is 2. The first-order valence-electron chi connectivity index (χ1n) is 5.74. The quantitative estimate of drug-likeness (QED) is 0.761. The molecule has 0 aromatic carbocycles. The lowest BCUT2D eigenvalue weighted by molar-refractivity contribution is 0.0931. The highest BCUT2D eigenvalue weighted by Gasteiger charge is 2.14. The highest BCUT2D eigenvalue weighted by Crippen LogP contribution is 2.09. The van der Waals surface area contributed by atoms with Crippen molar-refractivity contribution in [1.29, 1.82) is 0 Å². The van der Waals surface area contributed by atoms with Gasteiger partial charge in [0.05, 0.1) is 11.4 Å². The zero-order valence-corrected chi connectivity index (χ0v) is 12.5. The Morgan fingerprint density at radius 3 is 1.60 bits per heavy atom. The highest BCUT2D eigenvalue weighted by atomic mass is 32.1. The highest BCUT2D eigenvalue weighted by molar-refractivity contribution is 7.08. The summed E-state index contributed by atoms with van der Waals surface area (Å²) in [6.07, 6.45) is 0. The van der Waals surface area contributed by atoms with Crippen LogP contribution in [0.5, 0.6) is 0 Å². The fourth-order valence-electron chi connectivity index (χ4n) is 1.39. The van der Waals surface area contributed by atoms with Crippen LogP contribution in [0.1, 0.15) is 30.7 Å². The summed E-state index contributed by atoms with van der Waals surface area (Å²) in [6.45, 7) is 4.10. The molecular weight excluding hydrogens is 300 g/mol. The second-order valence-electron chi connectivity index (χ2n) is 3.89. The number of hydrogen-bond acceptors (Lipinski definition) is 8. The van der Waals surface area contributed by atoms with E-state index in [2.05, 4.69) is 29.8 Å². The van der Waals surface area contributed by atoms with Crippen molar-refractivity contribution in [3.8, 4) is 0 Å². The van der Waals surface area contributed by atoms with Crippen LogP contribution in [0.25, 0.3) is 0 Å². The summed E-state index contributed by atoms with van der Waals surface area (Å²) in [5, 5.41) is 12.9. The van der Waals surface area contributed by atoms with Gasteiger partial charge in [0, 0.05) is 13.1 Å². The Balaban J connectivity index is 1.75. The van der Waals surface area contributed by atoms with Gasteiger partial charge in [-0.3, -0.25) is 9.59 Å². The molecule has 20 heavy (non-hydrogen) atoms. The normalized spacial score (nSPS) is 10.3. The van der Waals surface area contributed by atoms with Crippen LogP contribution in [-0.4, -0.2) is 44.1 Å². The summed E-state index contributed by atoms with van der Waals surface area (Å²) in [5.41, 5.74) is 1.20. The summed E-state index contributed by atoms with van der Waals surface area (Å²) in [5.74, 6) is -0.468. The molecule has 0 radical (unpaired) electrons. The number of nitrogens with zero attached hydrogens (tertiary/aromatic N) is 4. The zero-order chi connectivity index (χ0) is 14.5. The van der Waals surface area contributed by atoms with Crippen LogP contribution in [-0.2, 0) is 0 Å². The smallest absolute Gasteiger partial charge is 0.265 e. The molecule has 10 heteroatoms. The number of amides is 2. The van der Waals surface area contributed by atoms with E-state index in [-0.39, 0.29) is 11.8 Å². The van der Waals surface area contributed by atoms with Crippen LogP contribution in [0.15, 0.2) is 0 Å². The molecule has 0 spiro atoms. The van der Waals surface area contributed by atoms with E-state index < -0.39 is 0 Å². The lowest BCUT2D eigenvalue weighted by Gasteiger charge is -2.05. The van der Waals surface area contributed by atoms with Gasteiger partial charge in [-0.15, -0.1) is 10.2 Å². The molecule has 0 unspecified atom stereocenters. The predicted molar refractivity (Wildman–Crippen MR) is 74.0 cm³/mol. The van der Waals surface area contributed by atoms with Crippen molar-refractivity contribution >= 4 is 34.9 Å². The molecule has 2 rings (SSSR count). The molecule has 2 heterocycles. The average Bonchev–Trinajstić information content (AvgIpc) is 3.02. The number of rotatable bonds is 5. The van der Waals surface area contributed by atoms with Gasteiger partial charge in [0.15, 0.2) is 0 Å². The van der Waals surface area contributed by atoms with E-state index in [1.54, 1.807) is 13.8 Å². The molecular formula is C10H12N6O2S2. The summed E-state index contributed by atoms with van der Waals surface area (Å²) in [7, 11) is 0. The second-order valence-corrected chi connectivity index (χ2v) is 5.39. The van der Waals surface area contributed by atoms with Crippen LogP contribution in [0.2, 0.25) is 0 Å². The van der Waals surface area contributed by atoms with E-state index >= 15 is 0 Å². The largest absolute Gasteiger partial charge is 0.349 e. The average molecular weight is 312 g/mol. The molecule has 2 aromatic rings. The Hall–Kier alpha value is -1.94. The van der Waals surface area contributed by atoms with Crippen LogP contribution >= 0.6 is 23.1 Å². The Morgan fingerprint density at radius 1 is 0.900 bits per heavy atom. The third kappa shape index (κ3) is 3.33. The van der Waals surface area contributed by atoms with Crippen molar-refractivity contribution in [1.82, 2.24) is 29.8 Å². The fourth-order valence-corrected chi connectivity index (χ4v) is 2.54. The number of aryl methyl sites for hydroxylation is 2. The molecule has 2 N–H and O–H groups in total. The maximum absolute atomic E-state index is 11.7. The third-order valence-electron chi connectivity index (χ3n) is 2.41. The summed E-state index contributed by atoms with van der Waals surface area (Å²) in [4.78, 5) is 24.5. The molecule has 0 atom stereocenters. The molecule has 0 aliphatic heterocycles. The van der Waals surface area contributed by atoms with Gasteiger partial charge in [-0.2, -0.15) is 0 Å². The molecule has 0 fully saturated rings. The molecule has 8 nitrogen and oxygen atoms in total. The van der Waals surface area contributed by atoms with E-state index in [4.69, 9.17) is 0 Å². The molecule has 0 saturated carbocycles. The lowest BCUT2D eigenvalue weighted by Crippen LogP contribution is -2.34. The summed E-state index contributed by atoms with van der Waals surface area (Å²) < 4.78 is 7.38. The number of carbonyl (C=O) groups excluding carboxylic acids is 2. The van der Waals surface area contributed by atoms with Gasteiger partial charge in [-0.05, 0) is 36.9 Å². The first-order chi connectivity index (χ1) is 9.59. The molecule has 2 aromatic heterocycles. The van der Waals surface area contributed by atoms with Crippen molar-refractivity contribution in [3.05, 3.63) is 21.1 Å². The van der Waals surface area contributed by atoms with Gasteiger partial charge < -0.3 is 10.6 Å². The van der Waals surface area contributed by atoms with Crippen LogP contribution in [0.3, 0.4) is 0 Å². The van der Waals surface area contributed by atoms with Gasteiger partial charge in [-0.1, -0.05) is 8.98 Å². The van der Waals surface area contributed by atoms with Crippen LogP contribution in [0, 0.1) is 13.8 Å². The van der Waals surface area contributed by atoms with E-state index in [1.807, 2.05) is 0 Å². The monoisotopic (exact) mass is 312 g/mol. The SMILES string of the molecule is Cc1nnsc1C(=O)NCCNC(=O)c1snnc1C. The molecule has 0 bridgehead atoms. The number of carbonyl (C=O) groups is 2. The maximum Gasteiger partial charge on any atom is 0.265 e. The fraction of sp³-hybridized carbons (Fsp3) is 0.400. The predicted octanol–water partition coefficient (Wildman–Crippen LogP) is 0.166. The molecule has 0 aliphatic carbocycles. The minimum absolute atomic E-state index is 0.234. The molecule has 0 saturated heterocycles. The van der Waals surface area contributed by atoms with E-state index in [9.17, 15) is 9.59 Å². The van der Waals surface area contributed by atoms with Crippen molar-refractivity contribution in [2.24, 2.45) is 0 Å². The van der Waals surface area contributed by atoms with E-state index in [0.29, 0.717) is 34.2 Å². The molecule has 0 aliphatic rings. The standard InChI is InChI=1S/C10H12N6O2S2/c1-5-7(19-15-13-5)9(17)11-3-4-12-10(18)8-6(2)14-16-20-8/h3-4H2,1-2H3,(H,11,17)(H,12,18). The van der Waals surface area contributed by atoms with Gasteiger partial charge in [-0.25, -0.2) is 0 Å². The number of hydrogen-bond donors (Lipinski definition) is 2. The Kier molecular flexibility index (Phi) is 4.69. The third-order valence-corrected chi connectivity index (χ3v) is 4.07. The van der Waals surface area contributed by atoms with Crippen molar-refractivity contribution in [3.63, 3.8) is 0 Å². The first-order valence-corrected chi connectivity index (χ1v) is 7.28. The van der Waals surface area contributed by atoms with E-state index in [1.165, 1.54) is 0 Å². The van der Waals surface area contributed by atoms with Gasteiger partial charge in [0.2, 0.25) is 0 Å². The minimum Gasteiger partial charge on any atom is -0.349 e. The Bertz CT molecular complexity index is 569. The van der Waals surface area contributed by atoms with Crippen LogP contribution < -0.4 is 10.6 Å². The Labute approximate surface area is 122 Å². The minimum atomic E-state index is -0.234. The Morgan fingerprint density at radius 2 is 1.30 bits per heavy atom. The maximum atomic E-state index is 11.7. The summed E-state index contributed by atoms with van der Waals surface area (Å²) in [6, 6.07) is 0. The van der Waals surface area contributed by atoms with Crippen molar-refractivity contribution in [2.75, 3.05) is 13.1 Å². The first kappa shape index (κ1) is 14.5. The van der Waals surface area contributed by atoms with Crippen molar-refractivity contribution in [2.45, 2.75) is 13.8 Å². The topological polar surface area (TPSA) is 110 Å². The zero-order valence-electron chi connectivity index (χ0n) is 10.8. The summed E-state index contributed by atoms with van der Waals surface area (Å²) >= 11 is 2.09. The lowest BCUT2D eigenvalue weighted by atomic mass is 10.3. The van der Waals surface area contributed by atoms with Crippen LogP contribution in [0.4, 0.5) is 0 Å². The van der Waals surface area contributed by atoms with E-state index in [0.717, 1.165) is 23.1 Å². The van der Waals surface area contributed by atoms with Gasteiger partial charge in [0.1, 0.15) is 9.75 Å². The van der Waals surface area contributed by atoms with Crippen molar-refractivity contribution < 1.29 is 9.59 Å². The second kappa shape index (κ2) is 6.48. The molecule has 106 valence electrons. The molecule has 2 amide bonds. The van der Waals surface area contributed by atoms with Gasteiger partial charge in [0.25, 0.3) is 11.8 Å². The van der Waals surface area contributed by atoms with Gasteiger partial charge >= 0.3 is 0 Å².